The van der Waals surface area contributed by atoms with Crippen molar-refractivity contribution in [1.29, 1.82) is 0 Å². The highest BCUT2D eigenvalue weighted by Gasteiger charge is 2.18. The Morgan fingerprint density at radius 2 is 2.05 bits per heavy atom. The van der Waals surface area contributed by atoms with Gasteiger partial charge in [-0.15, -0.1) is 11.3 Å². The van der Waals surface area contributed by atoms with E-state index in [2.05, 4.69) is 55.7 Å². The van der Waals surface area contributed by atoms with Crippen molar-refractivity contribution in [3.63, 3.8) is 0 Å². The molecule has 0 radical (unpaired) electrons. The first-order valence-corrected chi connectivity index (χ1v) is 8.03. The zero-order valence-electron chi connectivity index (χ0n) is 12.7. The lowest BCUT2D eigenvalue weighted by molar-refractivity contribution is 0.411. The van der Waals surface area contributed by atoms with Gasteiger partial charge in [0.05, 0.1) is 13.2 Å². The summed E-state index contributed by atoms with van der Waals surface area (Å²) in [6.45, 7) is 7.42. The largest absolute Gasteiger partial charge is 0.496 e. The minimum atomic E-state index is 0.277. The zero-order valence-corrected chi connectivity index (χ0v) is 13.5. The topological polar surface area (TPSA) is 21.3 Å². The van der Waals surface area contributed by atoms with E-state index < -0.39 is 0 Å². The number of benzene rings is 1. The lowest BCUT2D eigenvalue weighted by atomic mass is 9.99. The Morgan fingerprint density at radius 3 is 2.65 bits per heavy atom. The van der Waals surface area contributed by atoms with Gasteiger partial charge in [0.15, 0.2) is 0 Å². The van der Waals surface area contributed by atoms with Gasteiger partial charge in [-0.1, -0.05) is 26.0 Å². The Morgan fingerprint density at radius 1 is 1.25 bits per heavy atom. The van der Waals surface area contributed by atoms with Gasteiger partial charge in [-0.05, 0) is 54.1 Å². The molecule has 0 spiro atoms. The number of nitrogens with one attached hydrogen (secondary N) is 1. The molecule has 0 saturated carbocycles. The molecule has 1 atom stereocenters. The summed E-state index contributed by atoms with van der Waals surface area (Å²) in [4.78, 5) is 1.43. The highest BCUT2D eigenvalue weighted by molar-refractivity contribution is 7.10. The fraction of sp³-hybridized carbons (Fsp3) is 0.412. The highest BCUT2D eigenvalue weighted by atomic mass is 32.1. The van der Waals surface area contributed by atoms with Crippen LogP contribution in [0, 0.1) is 6.92 Å². The van der Waals surface area contributed by atoms with E-state index in [-0.39, 0.29) is 6.04 Å². The van der Waals surface area contributed by atoms with Crippen molar-refractivity contribution in [3.05, 3.63) is 51.2 Å². The molecule has 2 nitrogen and oxygen atoms in total. The molecule has 1 unspecified atom stereocenters. The molecule has 20 heavy (non-hydrogen) atoms. The van der Waals surface area contributed by atoms with Gasteiger partial charge >= 0.3 is 0 Å². The van der Waals surface area contributed by atoms with Crippen molar-refractivity contribution in [2.75, 3.05) is 13.7 Å². The molecule has 0 fully saturated rings. The minimum Gasteiger partial charge on any atom is -0.496 e. The molecule has 2 rings (SSSR count). The second-order valence-corrected chi connectivity index (χ2v) is 5.83. The lowest BCUT2D eigenvalue weighted by Crippen LogP contribution is -2.22. The molecule has 0 bridgehead atoms. The molecule has 1 aromatic heterocycles. The Bertz CT molecular complexity index is 562. The molecule has 3 heteroatoms. The summed E-state index contributed by atoms with van der Waals surface area (Å²) in [5.41, 5.74) is 3.93. The van der Waals surface area contributed by atoms with Crippen LogP contribution in [0.1, 0.15) is 41.5 Å². The summed E-state index contributed by atoms with van der Waals surface area (Å²) < 4.78 is 5.36. The van der Waals surface area contributed by atoms with Gasteiger partial charge in [-0.2, -0.15) is 0 Å². The van der Waals surface area contributed by atoms with Crippen molar-refractivity contribution in [2.24, 2.45) is 0 Å². The number of rotatable bonds is 6. The number of methoxy groups -OCH3 is 1. The van der Waals surface area contributed by atoms with E-state index in [1.54, 1.807) is 7.11 Å². The normalized spacial score (nSPS) is 12.4. The third-order valence-corrected chi connectivity index (χ3v) is 4.61. The molecule has 108 valence electrons. The van der Waals surface area contributed by atoms with E-state index in [9.17, 15) is 0 Å². The van der Waals surface area contributed by atoms with Crippen LogP contribution in [-0.2, 0) is 6.42 Å². The average Bonchev–Trinajstić information content (AvgIpc) is 2.92. The summed E-state index contributed by atoms with van der Waals surface area (Å²) in [5, 5.41) is 5.80. The van der Waals surface area contributed by atoms with Crippen molar-refractivity contribution in [1.82, 2.24) is 5.32 Å². The fourth-order valence-corrected chi connectivity index (χ4v) is 3.64. The first kappa shape index (κ1) is 15.1. The molecule has 0 aliphatic rings. The van der Waals surface area contributed by atoms with Crippen LogP contribution in [0.2, 0.25) is 0 Å². The van der Waals surface area contributed by atoms with Crippen molar-refractivity contribution >= 4 is 11.3 Å². The first-order chi connectivity index (χ1) is 9.71. The van der Waals surface area contributed by atoms with Gasteiger partial charge in [0.2, 0.25) is 0 Å². The molecular formula is C17H23NOS. The van der Waals surface area contributed by atoms with Crippen LogP contribution < -0.4 is 10.1 Å². The third-order valence-electron chi connectivity index (χ3n) is 3.58. The molecule has 0 saturated heterocycles. The lowest BCUT2D eigenvalue weighted by Gasteiger charge is -2.20. The quantitative estimate of drug-likeness (QED) is 0.855. The number of hydrogen-bond donors (Lipinski definition) is 1. The third kappa shape index (κ3) is 3.05. The Balaban J connectivity index is 2.40. The van der Waals surface area contributed by atoms with Crippen LogP contribution in [0.25, 0.3) is 0 Å². The molecular weight excluding hydrogens is 266 g/mol. The molecule has 1 heterocycles. The maximum absolute atomic E-state index is 5.36. The van der Waals surface area contributed by atoms with E-state index in [0.717, 1.165) is 18.7 Å². The smallest absolute Gasteiger partial charge is 0.121 e. The summed E-state index contributed by atoms with van der Waals surface area (Å²) in [7, 11) is 1.72. The summed E-state index contributed by atoms with van der Waals surface area (Å²) >= 11 is 1.84. The fourth-order valence-electron chi connectivity index (χ4n) is 2.54. The van der Waals surface area contributed by atoms with Crippen molar-refractivity contribution in [3.8, 4) is 5.75 Å². The number of aryl methyl sites for hydroxylation is 2. The summed E-state index contributed by atoms with van der Waals surface area (Å²) in [6, 6.07) is 8.97. The van der Waals surface area contributed by atoms with E-state index in [1.807, 2.05) is 11.3 Å². The maximum Gasteiger partial charge on any atom is 0.121 e. The molecule has 1 aromatic carbocycles. The zero-order chi connectivity index (χ0) is 14.5. The van der Waals surface area contributed by atoms with Crippen LogP contribution in [0.5, 0.6) is 5.75 Å². The van der Waals surface area contributed by atoms with Gasteiger partial charge in [0, 0.05) is 4.88 Å². The second kappa shape index (κ2) is 6.91. The maximum atomic E-state index is 5.36. The number of thiophene rings is 1. The van der Waals surface area contributed by atoms with E-state index in [4.69, 9.17) is 4.74 Å². The van der Waals surface area contributed by atoms with Crippen LogP contribution >= 0.6 is 11.3 Å². The summed E-state index contributed by atoms with van der Waals surface area (Å²) in [6.07, 6.45) is 1.08. The van der Waals surface area contributed by atoms with Gasteiger partial charge < -0.3 is 10.1 Å². The molecule has 0 amide bonds. The van der Waals surface area contributed by atoms with Crippen LogP contribution in [0.15, 0.2) is 29.6 Å². The molecule has 0 aliphatic heterocycles. The van der Waals surface area contributed by atoms with Crippen LogP contribution in [-0.4, -0.2) is 13.7 Å². The van der Waals surface area contributed by atoms with Gasteiger partial charge in [0.25, 0.3) is 0 Å². The predicted molar refractivity (Wildman–Crippen MR) is 86.9 cm³/mol. The van der Waals surface area contributed by atoms with E-state index in [1.165, 1.54) is 21.6 Å². The molecule has 0 aliphatic carbocycles. The summed E-state index contributed by atoms with van der Waals surface area (Å²) in [5.74, 6) is 0.950. The van der Waals surface area contributed by atoms with Crippen molar-refractivity contribution in [2.45, 2.75) is 33.2 Å². The second-order valence-electron chi connectivity index (χ2n) is 4.88. The van der Waals surface area contributed by atoms with Crippen LogP contribution in [0.3, 0.4) is 0 Å². The van der Waals surface area contributed by atoms with Gasteiger partial charge in [-0.3, -0.25) is 0 Å². The minimum absolute atomic E-state index is 0.277. The molecule has 1 N–H and O–H groups in total. The van der Waals surface area contributed by atoms with E-state index in [0.29, 0.717) is 0 Å². The van der Waals surface area contributed by atoms with Gasteiger partial charge in [-0.25, -0.2) is 0 Å². The Kier molecular flexibility index (Phi) is 5.21. The predicted octanol–water partition coefficient (Wildman–Crippen LogP) is 4.33. The van der Waals surface area contributed by atoms with Crippen molar-refractivity contribution < 1.29 is 4.74 Å². The SMILES string of the molecule is CCNC(c1ccc(OC)c(C)c1)c1sccc1CC. The standard InChI is InChI=1S/C17H23NOS/c1-5-13-9-10-20-17(13)16(18-6-2)14-7-8-15(19-4)12(3)11-14/h7-11,16,18H,5-6H2,1-4H3. The van der Waals surface area contributed by atoms with Gasteiger partial charge in [0.1, 0.15) is 5.75 Å². The van der Waals surface area contributed by atoms with E-state index >= 15 is 0 Å². The number of hydrogen-bond acceptors (Lipinski definition) is 3. The monoisotopic (exact) mass is 289 g/mol. The molecule has 2 aromatic rings. The average molecular weight is 289 g/mol. The Hall–Kier alpha value is -1.32. The highest BCUT2D eigenvalue weighted by Crippen LogP contribution is 2.32. The van der Waals surface area contributed by atoms with Crippen LogP contribution in [0.4, 0.5) is 0 Å². The number of ether oxygens (including phenoxy) is 1. The Labute approximate surface area is 125 Å². The first-order valence-electron chi connectivity index (χ1n) is 7.15.